The summed E-state index contributed by atoms with van der Waals surface area (Å²) in [5.74, 6) is -0.142. The van der Waals surface area contributed by atoms with Crippen LogP contribution in [0.1, 0.15) is 13.8 Å². The normalized spacial score (nSPS) is 15.4. The zero-order chi connectivity index (χ0) is 12.0. The molecule has 0 radical (unpaired) electrons. The van der Waals surface area contributed by atoms with Crippen molar-refractivity contribution in [1.82, 2.24) is 0 Å². The zero-order valence-electron chi connectivity index (χ0n) is 9.35. The molecule has 1 aromatic carbocycles. The molecule has 0 fully saturated rings. The van der Waals surface area contributed by atoms with Crippen molar-refractivity contribution >= 4 is 17.7 Å². The summed E-state index contributed by atoms with van der Waals surface area (Å²) >= 11 is 1.44. The smallest absolute Gasteiger partial charge is 0.324 e. The summed E-state index contributed by atoms with van der Waals surface area (Å²) in [5.41, 5.74) is 5.30. The van der Waals surface area contributed by atoms with Gasteiger partial charge in [0.15, 0.2) is 0 Å². The van der Waals surface area contributed by atoms with Crippen LogP contribution in [0.4, 0.5) is 0 Å². The predicted octanol–water partition coefficient (Wildman–Crippen LogP) is 1.72. The van der Waals surface area contributed by atoms with Gasteiger partial charge in [0.1, 0.15) is 5.54 Å². The Balaban J connectivity index is 2.43. The fourth-order valence-electron chi connectivity index (χ4n) is 0.987. The van der Waals surface area contributed by atoms with Crippen LogP contribution in [0, 0.1) is 0 Å². The summed E-state index contributed by atoms with van der Waals surface area (Å²) in [6.07, 6.45) is 0. The van der Waals surface area contributed by atoms with Gasteiger partial charge in [0.25, 0.3) is 0 Å². The lowest BCUT2D eigenvalue weighted by molar-refractivity contribution is -0.141. The Labute approximate surface area is 95.1 Å². The number of benzene rings is 1. The molecule has 0 spiro atoms. The molecular weight excluding hydrogens is 210 g/mol. The molecule has 0 aliphatic rings. The van der Waals surface area contributed by atoms with Gasteiger partial charge in [-0.15, -0.1) is 0 Å². The Morgan fingerprint density at radius 2 is 2.27 bits per heavy atom. The number of hydrogen-bond donors (Lipinski definition) is 2. The summed E-state index contributed by atoms with van der Waals surface area (Å²) in [4.78, 5) is 10.8. The molecule has 1 rings (SSSR count). The highest BCUT2D eigenvalue weighted by Crippen LogP contribution is 2.16. The van der Waals surface area contributed by atoms with Crippen LogP contribution in [0.2, 0.25) is 0 Å². The van der Waals surface area contributed by atoms with Crippen molar-refractivity contribution in [2.75, 3.05) is 5.75 Å². The first-order valence-electron chi connectivity index (χ1n) is 5.22. The minimum atomic E-state index is -1.43. The maximum absolute atomic E-state index is 10.8. The van der Waals surface area contributed by atoms with E-state index in [1.165, 1.54) is 11.8 Å². The number of thioether (sulfide) groups is 1. The van der Waals surface area contributed by atoms with Gasteiger partial charge in [-0.05, 0) is 12.5 Å². The third-order valence-electron chi connectivity index (χ3n) is 1.90. The van der Waals surface area contributed by atoms with Crippen LogP contribution in [0.15, 0.2) is 30.3 Å². The lowest BCUT2D eigenvalue weighted by atomic mass is 10.1. The number of carboxylic acid groups (broad SMARTS) is 1. The van der Waals surface area contributed by atoms with Crippen molar-refractivity contribution in [2.24, 2.45) is 5.73 Å². The third kappa shape index (κ3) is 3.93. The van der Waals surface area contributed by atoms with Gasteiger partial charge < -0.3 is 10.8 Å². The molecule has 1 aromatic rings. The van der Waals surface area contributed by atoms with E-state index < -0.39 is 11.5 Å². The van der Waals surface area contributed by atoms with Crippen LogP contribution in [0.3, 0.4) is 0 Å². The van der Waals surface area contributed by atoms with Gasteiger partial charge in [-0.3, -0.25) is 4.79 Å². The molecule has 4 heteroatoms. The minimum Gasteiger partial charge on any atom is -0.480 e. The molecule has 0 unspecified atom stereocenters. The summed E-state index contributed by atoms with van der Waals surface area (Å²) in [7, 11) is 0. The number of rotatable bonds is 5. The molecular formula is C11H15NO2S. The molecule has 3 N–H and O–H groups in total. The van der Waals surface area contributed by atoms with E-state index in [0.717, 1.165) is 5.56 Å². The monoisotopic (exact) mass is 226 g/mol. The van der Waals surface area contributed by atoms with Crippen LogP contribution in [0.25, 0.3) is 0 Å². The lowest BCUT2D eigenvalue weighted by Gasteiger charge is -2.18. The highest BCUT2D eigenvalue weighted by molar-refractivity contribution is 7.98. The Morgan fingerprint density at radius 3 is 2.80 bits per heavy atom. The summed E-state index contributed by atoms with van der Waals surface area (Å²) < 4.78 is 7.15. The van der Waals surface area contributed by atoms with Gasteiger partial charge in [0.05, 0.1) is 0 Å². The molecule has 0 aromatic heterocycles. The molecule has 0 bridgehead atoms. The zero-order valence-corrected chi connectivity index (χ0v) is 9.17. The predicted molar refractivity (Wildman–Crippen MR) is 62.8 cm³/mol. The molecule has 0 amide bonds. The molecule has 0 aliphatic heterocycles. The highest BCUT2D eigenvalue weighted by atomic mass is 32.2. The molecule has 15 heavy (non-hydrogen) atoms. The Bertz CT molecular complexity index is 347. The number of carboxylic acids is 1. The van der Waals surface area contributed by atoms with E-state index in [2.05, 4.69) is 0 Å². The van der Waals surface area contributed by atoms with E-state index in [9.17, 15) is 4.79 Å². The van der Waals surface area contributed by atoms with Crippen LogP contribution in [0.5, 0.6) is 0 Å². The fourth-order valence-corrected chi connectivity index (χ4v) is 2.00. The van der Waals surface area contributed by atoms with E-state index in [1.54, 1.807) is 0 Å². The first kappa shape index (κ1) is 10.5. The van der Waals surface area contributed by atoms with Gasteiger partial charge in [0.2, 0.25) is 0 Å². The lowest BCUT2D eigenvalue weighted by Crippen LogP contribution is -2.47. The molecule has 1 atom stereocenters. The van der Waals surface area contributed by atoms with Crippen LogP contribution in [-0.4, -0.2) is 22.4 Å². The summed E-state index contributed by atoms with van der Waals surface area (Å²) in [5, 5.41) is 8.87. The summed E-state index contributed by atoms with van der Waals surface area (Å²) in [6.45, 7) is -0.301. The number of aliphatic carboxylic acids is 1. The Morgan fingerprint density at radius 1 is 1.60 bits per heavy atom. The maximum Gasteiger partial charge on any atom is 0.324 e. The fraction of sp³-hybridized carbons (Fsp3) is 0.364. The van der Waals surface area contributed by atoms with Crippen molar-refractivity contribution < 1.29 is 11.3 Å². The van der Waals surface area contributed by atoms with Crippen LogP contribution in [-0.2, 0) is 10.5 Å². The molecule has 0 heterocycles. The largest absolute Gasteiger partial charge is 0.480 e. The van der Waals surface area contributed by atoms with E-state index in [1.807, 2.05) is 30.3 Å². The third-order valence-corrected chi connectivity index (χ3v) is 3.15. The molecule has 3 nitrogen and oxygen atoms in total. The summed E-state index contributed by atoms with van der Waals surface area (Å²) in [6, 6.07) is 9.77. The molecule has 0 saturated heterocycles. The average molecular weight is 226 g/mol. The van der Waals surface area contributed by atoms with Crippen LogP contribution < -0.4 is 5.73 Å². The van der Waals surface area contributed by atoms with Crippen LogP contribution >= 0.6 is 11.8 Å². The Hall–Kier alpha value is -1.00. The van der Waals surface area contributed by atoms with Crippen molar-refractivity contribution in [3.05, 3.63) is 35.9 Å². The van der Waals surface area contributed by atoms with Crippen molar-refractivity contribution in [3.8, 4) is 0 Å². The van der Waals surface area contributed by atoms with E-state index in [0.29, 0.717) is 5.75 Å². The van der Waals surface area contributed by atoms with E-state index in [4.69, 9.17) is 12.2 Å². The average Bonchev–Trinajstić information content (AvgIpc) is 2.30. The second-order valence-electron chi connectivity index (χ2n) is 3.44. The standard InChI is InChI=1S/C11H15NO2S/c1-11(12,10(13)14)8-15-7-9-5-3-2-4-6-9/h2-6H,7-8,12H2,1H3,(H,13,14)/t11-/m0/s1/i1D. The van der Waals surface area contributed by atoms with Gasteiger partial charge in [0, 0.05) is 12.9 Å². The van der Waals surface area contributed by atoms with E-state index >= 15 is 0 Å². The van der Waals surface area contributed by atoms with Crippen molar-refractivity contribution in [2.45, 2.75) is 18.2 Å². The molecule has 0 aliphatic carbocycles. The van der Waals surface area contributed by atoms with Gasteiger partial charge in [-0.25, -0.2) is 0 Å². The van der Waals surface area contributed by atoms with Gasteiger partial charge >= 0.3 is 5.97 Å². The second kappa shape index (κ2) is 5.19. The van der Waals surface area contributed by atoms with Crippen molar-refractivity contribution in [3.63, 3.8) is 0 Å². The maximum atomic E-state index is 10.8. The molecule has 82 valence electrons. The molecule has 0 saturated carbocycles. The Kier molecular flexibility index (Phi) is 3.64. The van der Waals surface area contributed by atoms with Gasteiger partial charge in [-0.1, -0.05) is 30.3 Å². The van der Waals surface area contributed by atoms with Gasteiger partial charge in [-0.2, -0.15) is 11.8 Å². The quantitative estimate of drug-likeness (QED) is 0.802. The second-order valence-corrected chi connectivity index (χ2v) is 4.43. The first-order valence-corrected chi connectivity index (χ1v) is 5.67. The minimum absolute atomic E-state index is 0.251. The topological polar surface area (TPSA) is 63.3 Å². The highest BCUT2D eigenvalue weighted by Gasteiger charge is 2.27. The number of hydrogen-bond acceptors (Lipinski definition) is 3. The van der Waals surface area contributed by atoms with E-state index in [-0.39, 0.29) is 12.7 Å². The SMILES string of the molecule is [2H]C[C@](N)(CSCc1ccccc1)C(=O)O. The number of nitrogens with two attached hydrogens (primary N) is 1. The number of carbonyl (C=O) groups is 1. The first-order chi connectivity index (χ1) is 7.58. The van der Waals surface area contributed by atoms with Crippen molar-refractivity contribution in [1.29, 1.82) is 0 Å².